The standard InChI is InChI=1S/C11H22N4/c1-6-7-11(5,12)10-14-13-9(4)15(10)8(2)3/h8H,6-7,12H2,1-5H3. The Bertz CT molecular complexity index is 325. The number of nitrogens with two attached hydrogens (primary N) is 1. The molecule has 15 heavy (non-hydrogen) atoms. The van der Waals surface area contributed by atoms with Gasteiger partial charge in [-0.2, -0.15) is 0 Å². The molecule has 4 nitrogen and oxygen atoms in total. The maximum absolute atomic E-state index is 6.28. The molecule has 0 saturated carbocycles. The minimum absolute atomic E-state index is 0.356. The van der Waals surface area contributed by atoms with Gasteiger partial charge in [-0.25, -0.2) is 0 Å². The Hall–Kier alpha value is -0.900. The molecule has 1 aromatic rings. The van der Waals surface area contributed by atoms with Gasteiger partial charge in [-0.3, -0.25) is 0 Å². The molecule has 0 saturated heterocycles. The summed E-state index contributed by atoms with van der Waals surface area (Å²) in [6, 6.07) is 0.356. The zero-order chi connectivity index (χ0) is 11.6. The first-order valence-corrected chi connectivity index (χ1v) is 5.61. The summed E-state index contributed by atoms with van der Waals surface area (Å²) in [5, 5.41) is 8.33. The Kier molecular flexibility index (Phi) is 3.50. The molecule has 0 aliphatic rings. The fourth-order valence-corrected chi connectivity index (χ4v) is 2.01. The van der Waals surface area contributed by atoms with E-state index in [1.807, 2.05) is 13.8 Å². The Morgan fingerprint density at radius 1 is 1.40 bits per heavy atom. The van der Waals surface area contributed by atoms with Crippen molar-refractivity contribution < 1.29 is 0 Å². The van der Waals surface area contributed by atoms with Crippen LogP contribution < -0.4 is 5.73 Å². The lowest BCUT2D eigenvalue weighted by Gasteiger charge is -2.25. The lowest BCUT2D eigenvalue weighted by atomic mass is 9.96. The highest BCUT2D eigenvalue weighted by Gasteiger charge is 2.28. The smallest absolute Gasteiger partial charge is 0.153 e. The van der Waals surface area contributed by atoms with Crippen LogP contribution in [0.4, 0.5) is 0 Å². The molecule has 0 radical (unpaired) electrons. The van der Waals surface area contributed by atoms with Crippen molar-refractivity contribution in [1.29, 1.82) is 0 Å². The molecule has 0 aliphatic heterocycles. The van der Waals surface area contributed by atoms with Crippen LogP contribution in [0.3, 0.4) is 0 Å². The third kappa shape index (κ3) is 2.37. The third-order valence-corrected chi connectivity index (χ3v) is 2.66. The predicted octanol–water partition coefficient (Wildman–Crippen LogP) is 2.14. The van der Waals surface area contributed by atoms with Crippen molar-refractivity contribution in [2.75, 3.05) is 0 Å². The van der Waals surface area contributed by atoms with Gasteiger partial charge in [0.25, 0.3) is 0 Å². The molecule has 86 valence electrons. The average molecular weight is 210 g/mol. The molecular weight excluding hydrogens is 188 g/mol. The Morgan fingerprint density at radius 3 is 2.47 bits per heavy atom. The second kappa shape index (κ2) is 4.31. The van der Waals surface area contributed by atoms with Gasteiger partial charge >= 0.3 is 0 Å². The maximum Gasteiger partial charge on any atom is 0.153 e. The summed E-state index contributed by atoms with van der Waals surface area (Å²) in [4.78, 5) is 0. The van der Waals surface area contributed by atoms with Crippen molar-refractivity contribution in [2.45, 2.75) is 59.0 Å². The monoisotopic (exact) mass is 210 g/mol. The summed E-state index contributed by atoms with van der Waals surface area (Å²) in [5.41, 5.74) is 5.90. The first-order valence-electron chi connectivity index (χ1n) is 5.61. The molecular formula is C11H22N4. The van der Waals surface area contributed by atoms with E-state index in [0.29, 0.717) is 6.04 Å². The van der Waals surface area contributed by atoms with Crippen LogP contribution in [0.1, 0.15) is 58.2 Å². The quantitative estimate of drug-likeness (QED) is 0.828. The van der Waals surface area contributed by atoms with Crippen LogP contribution >= 0.6 is 0 Å². The fraction of sp³-hybridized carbons (Fsp3) is 0.818. The van der Waals surface area contributed by atoms with Gasteiger partial charge in [-0.1, -0.05) is 13.3 Å². The number of hydrogen-bond acceptors (Lipinski definition) is 3. The molecule has 1 aromatic heterocycles. The minimum Gasteiger partial charge on any atom is -0.319 e. The van der Waals surface area contributed by atoms with Gasteiger partial charge in [0.2, 0.25) is 0 Å². The Balaban J connectivity index is 3.14. The van der Waals surface area contributed by atoms with E-state index in [-0.39, 0.29) is 5.54 Å². The van der Waals surface area contributed by atoms with Crippen molar-refractivity contribution in [3.8, 4) is 0 Å². The largest absolute Gasteiger partial charge is 0.319 e. The highest BCUT2D eigenvalue weighted by molar-refractivity contribution is 5.07. The summed E-state index contributed by atoms with van der Waals surface area (Å²) >= 11 is 0. The van der Waals surface area contributed by atoms with Gasteiger partial charge < -0.3 is 10.3 Å². The molecule has 0 amide bonds. The zero-order valence-corrected chi connectivity index (χ0v) is 10.4. The van der Waals surface area contributed by atoms with E-state index in [9.17, 15) is 0 Å². The van der Waals surface area contributed by atoms with E-state index in [1.54, 1.807) is 0 Å². The van der Waals surface area contributed by atoms with Crippen molar-refractivity contribution in [1.82, 2.24) is 14.8 Å². The van der Waals surface area contributed by atoms with Crippen LogP contribution in [0.5, 0.6) is 0 Å². The summed E-state index contributed by atoms with van der Waals surface area (Å²) in [6.45, 7) is 10.4. The van der Waals surface area contributed by atoms with Gasteiger partial charge in [-0.05, 0) is 34.1 Å². The molecule has 1 rings (SSSR count). The molecule has 1 heterocycles. The summed E-state index contributed by atoms with van der Waals surface area (Å²) in [5.74, 6) is 1.84. The lowest BCUT2D eigenvalue weighted by Crippen LogP contribution is -2.36. The SMILES string of the molecule is CCCC(C)(N)c1nnc(C)n1C(C)C. The van der Waals surface area contributed by atoms with Gasteiger partial charge in [-0.15, -0.1) is 10.2 Å². The lowest BCUT2D eigenvalue weighted by molar-refractivity contribution is 0.384. The molecule has 2 N–H and O–H groups in total. The predicted molar refractivity (Wildman–Crippen MR) is 61.6 cm³/mol. The Morgan fingerprint density at radius 2 is 2.00 bits per heavy atom. The van der Waals surface area contributed by atoms with Crippen molar-refractivity contribution >= 4 is 0 Å². The van der Waals surface area contributed by atoms with Gasteiger partial charge in [0, 0.05) is 6.04 Å². The van der Waals surface area contributed by atoms with Crippen molar-refractivity contribution in [3.05, 3.63) is 11.6 Å². The van der Waals surface area contributed by atoms with E-state index < -0.39 is 0 Å². The topological polar surface area (TPSA) is 56.7 Å². The first-order chi connectivity index (χ1) is 6.90. The number of rotatable bonds is 4. The summed E-state index contributed by atoms with van der Waals surface area (Å²) < 4.78 is 2.12. The van der Waals surface area contributed by atoms with E-state index in [1.165, 1.54) is 0 Å². The molecule has 0 bridgehead atoms. The van der Waals surface area contributed by atoms with E-state index in [4.69, 9.17) is 5.73 Å². The first kappa shape index (κ1) is 12.2. The molecule has 1 unspecified atom stereocenters. The van der Waals surface area contributed by atoms with Gasteiger partial charge in [0.15, 0.2) is 5.82 Å². The fourth-order valence-electron chi connectivity index (χ4n) is 2.01. The van der Waals surface area contributed by atoms with Crippen LogP contribution in [0.15, 0.2) is 0 Å². The second-order valence-electron chi connectivity index (χ2n) is 4.70. The van der Waals surface area contributed by atoms with Crippen LogP contribution in [0.25, 0.3) is 0 Å². The van der Waals surface area contributed by atoms with Crippen LogP contribution in [0, 0.1) is 6.92 Å². The van der Waals surface area contributed by atoms with Gasteiger partial charge in [0.05, 0.1) is 5.54 Å². The molecule has 0 aliphatic carbocycles. The van der Waals surface area contributed by atoms with Crippen LogP contribution in [0.2, 0.25) is 0 Å². The van der Waals surface area contributed by atoms with Gasteiger partial charge in [0.1, 0.15) is 5.82 Å². The maximum atomic E-state index is 6.28. The molecule has 1 atom stereocenters. The van der Waals surface area contributed by atoms with E-state index in [2.05, 4.69) is 35.5 Å². The molecule has 0 aromatic carbocycles. The van der Waals surface area contributed by atoms with Crippen molar-refractivity contribution in [2.24, 2.45) is 5.73 Å². The summed E-state index contributed by atoms with van der Waals surface area (Å²) in [6.07, 6.45) is 1.98. The molecule has 0 spiro atoms. The van der Waals surface area contributed by atoms with Crippen LogP contribution in [-0.4, -0.2) is 14.8 Å². The third-order valence-electron chi connectivity index (χ3n) is 2.66. The highest BCUT2D eigenvalue weighted by atomic mass is 15.3. The van der Waals surface area contributed by atoms with E-state index in [0.717, 1.165) is 24.5 Å². The normalized spacial score (nSPS) is 15.7. The highest BCUT2D eigenvalue weighted by Crippen LogP contribution is 2.24. The minimum atomic E-state index is -0.375. The van der Waals surface area contributed by atoms with E-state index >= 15 is 0 Å². The summed E-state index contributed by atoms with van der Waals surface area (Å²) in [7, 11) is 0. The number of nitrogens with zero attached hydrogens (tertiary/aromatic N) is 3. The molecule has 4 heteroatoms. The number of aryl methyl sites for hydroxylation is 1. The van der Waals surface area contributed by atoms with Crippen molar-refractivity contribution in [3.63, 3.8) is 0 Å². The number of hydrogen-bond donors (Lipinski definition) is 1. The van der Waals surface area contributed by atoms with Crippen LogP contribution in [-0.2, 0) is 5.54 Å². The second-order valence-corrected chi connectivity index (χ2v) is 4.70. The number of aromatic nitrogens is 3. The zero-order valence-electron chi connectivity index (χ0n) is 10.4. The average Bonchev–Trinajstić information content (AvgIpc) is 2.47. The molecule has 0 fully saturated rings. The Labute approximate surface area is 91.9 Å².